The minimum absolute atomic E-state index is 0. The third kappa shape index (κ3) is 2.59. The molecule has 13 heavy (non-hydrogen) atoms. The number of nitrogens with zero attached hydrogens (tertiary/aromatic N) is 2. The Morgan fingerprint density at radius 2 is 2.31 bits per heavy atom. The van der Waals surface area contributed by atoms with Crippen LogP contribution in [0.4, 0.5) is 0 Å². The van der Waals surface area contributed by atoms with Gasteiger partial charge in [0.1, 0.15) is 0 Å². The Labute approximate surface area is 90.7 Å². The average Bonchev–Trinajstić information content (AvgIpc) is 2.55. The zero-order chi connectivity index (χ0) is 7.68. The Hall–Kier alpha value is -0.250. The fourth-order valence-electron chi connectivity index (χ4n) is 1.64. The van der Waals surface area contributed by atoms with Crippen molar-refractivity contribution in [2.24, 2.45) is 7.05 Å². The lowest BCUT2D eigenvalue weighted by Crippen LogP contribution is -2.15. The highest BCUT2D eigenvalue weighted by atomic mass is 35.5. The molecule has 1 atom stereocenters. The van der Waals surface area contributed by atoms with Crippen LogP contribution in [0.15, 0.2) is 12.5 Å². The number of aryl methyl sites for hydroxylation is 1. The molecule has 1 saturated heterocycles. The Morgan fingerprint density at radius 3 is 2.77 bits per heavy atom. The number of aromatic nitrogens is 2. The van der Waals surface area contributed by atoms with E-state index in [-0.39, 0.29) is 24.8 Å². The molecule has 0 unspecified atom stereocenters. The molecule has 76 valence electrons. The molecule has 1 aliphatic rings. The molecule has 2 rings (SSSR count). The molecule has 0 amide bonds. The monoisotopic (exact) mass is 223 g/mol. The van der Waals surface area contributed by atoms with Gasteiger partial charge in [-0.3, -0.25) is 0 Å². The van der Waals surface area contributed by atoms with E-state index in [2.05, 4.69) is 14.9 Å². The Bertz CT molecular complexity index is 243. The summed E-state index contributed by atoms with van der Waals surface area (Å²) in [4.78, 5) is 4.09. The molecule has 1 aromatic rings. The Morgan fingerprint density at radius 1 is 1.54 bits per heavy atom. The summed E-state index contributed by atoms with van der Waals surface area (Å²) < 4.78 is 2.09. The predicted molar refractivity (Wildman–Crippen MR) is 57.7 cm³/mol. The average molecular weight is 224 g/mol. The number of hydrogen-bond acceptors (Lipinski definition) is 2. The first-order chi connectivity index (χ1) is 5.38. The fraction of sp³-hybridized carbons (Fsp3) is 0.625. The quantitative estimate of drug-likeness (QED) is 0.786. The molecule has 0 aromatic carbocycles. The fourth-order valence-corrected chi connectivity index (χ4v) is 1.64. The normalized spacial score (nSPS) is 20.5. The van der Waals surface area contributed by atoms with Crippen LogP contribution in [0.5, 0.6) is 0 Å². The maximum Gasteiger partial charge on any atom is 0.0946 e. The van der Waals surface area contributed by atoms with Gasteiger partial charge in [-0.1, -0.05) is 0 Å². The van der Waals surface area contributed by atoms with Crippen LogP contribution in [-0.2, 0) is 7.05 Å². The maximum atomic E-state index is 4.09. The minimum atomic E-state index is 0. The van der Waals surface area contributed by atoms with E-state index in [1.165, 1.54) is 18.5 Å². The summed E-state index contributed by atoms with van der Waals surface area (Å²) >= 11 is 0. The molecule has 0 bridgehead atoms. The second-order valence-electron chi connectivity index (χ2n) is 3.08. The topological polar surface area (TPSA) is 29.9 Å². The van der Waals surface area contributed by atoms with E-state index in [1.807, 2.05) is 19.6 Å². The molecular weight excluding hydrogens is 209 g/mol. The van der Waals surface area contributed by atoms with E-state index in [0.29, 0.717) is 6.04 Å². The lowest BCUT2D eigenvalue weighted by molar-refractivity contribution is 0.599. The number of imidazole rings is 1. The highest BCUT2D eigenvalue weighted by molar-refractivity contribution is 5.85. The molecule has 5 heteroatoms. The van der Waals surface area contributed by atoms with Gasteiger partial charge in [0.2, 0.25) is 0 Å². The summed E-state index contributed by atoms with van der Waals surface area (Å²) in [5.74, 6) is 0. The molecule has 1 N–H and O–H groups in total. The van der Waals surface area contributed by atoms with Crippen molar-refractivity contribution < 1.29 is 0 Å². The van der Waals surface area contributed by atoms with Gasteiger partial charge in [-0.15, -0.1) is 24.8 Å². The van der Waals surface area contributed by atoms with Crippen LogP contribution in [0.3, 0.4) is 0 Å². The molecule has 3 nitrogen and oxygen atoms in total. The molecule has 0 radical (unpaired) electrons. The van der Waals surface area contributed by atoms with Gasteiger partial charge in [0.15, 0.2) is 0 Å². The first kappa shape index (κ1) is 12.8. The van der Waals surface area contributed by atoms with E-state index in [1.54, 1.807) is 0 Å². The zero-order valence-corrected chi connectivity index (χ0v) is 9.20. The summed E-state index contributed by atoms with van der Waals surface area (Å²) in [7, 11) is 2.04. The van der Waals surface area contributed by atoms with Crippen molar-refractivity contribution in [1.29, 1.82) is 0 Å². The van der Waals surface area contributed by atoms with Crippen LogP contribution in [-0.4, -0.2) is 16.1 Å². The van der Waals surface area contributed by atoms with Crippen molar-refractivity contribution >= 4 is 24.8 Å². The van der Waals surface area contributed by atoms with Gasteiger partial charge in [0.05, 0.1) is 12.0 Å². The van der Waals surface area contributed by atoms with Crippen LogP contribution in [0, 0.1) is 0 Å². The van der Waals surface area contributed by atoms with Crippen molar-refractivity contribution in [3.63, 3.8) is 0 Å². The second-order valence-corrected chi connectivity index (χ2v) is 3.08. The molecule has 2 heterocycles. The Kier molecular flexibility index (Phi) is 5.37. The van der Waals surface area contributed by atoms with Crippen molar-refractivity contribution in [3.05, 3.63) is 18.2 Å². The van der Waals surface area contributed by atoms with Crippen molar-refractivity contribution in [2.75, 3.05) is 6.54 Å². The number of halogens is 2. The van der Waals surface area contributed by atoms with Gasteiger partial charge >= 0.3 is 0 Å². The van der Waals surface area contributed by atoms with Crippen LogP contribution in [0.1, 0.15) is 24.6 Å². The van der Waals surface area contributed by atoms with Crippen LogP contribution in [0.25, 0.3) is 0 Å². The number of rotatable bonds is 1. The molecule has 1 aliphatic heterocycles. The van der Waals surface area contributed by atoms with Crippen LogP contribution in [0.2, 0.25) is 0 Å². The lowest BCUT2D eigenvalue weighted by atomic mass is 10.2. The second kappa shape index (κ2) is 5.47. The smallest absolute Gasteiger partial charge is 0.0946 e. The van der Waals surface area contributed by atoms with Crippen molar-refractivity contribution in [3.8, 4) is 0 Å². The minimum Gasteiger partial charge on any atom is -0.336 e. The van der Waals surface area contributed by atoms with Gasteiger partial charge in [0, 0.05) is 19.3 Å². The van der Waals surface area contributed by atoms with Crippen molar-refractivity contribution in [2.45, 2.75) is 18.9 Å². The summed E-state index contributed by atoms with van der Waals surface area (Å²) in [6, 6.07) is 0.544. The van der Waals surface area contributed by atoms with Crippen LogP contribution >= 0.6 is 24.8 Å². The van der Waals surface area contributed by atoms with E-state index >= 15 is 0 Å². The SMILES string of the molecule is Cl.Cl.Cn1cncc1[C@@H]1CCCN1. The maximum absolute atomic E-state index is 4.09. The molecule has 0 aliphatic carbocycles. The van der Waals surface area contributed by atoms with Crippen LogP contribution < -0.4 is 5.32 Å². The van der Waals surface area contributed by atoms with Gasteiger partial charge < -0.3 is 9.88 Å². The summed E-state index contributed by atoms with van der Waals surface area (Å²) in [6.07, 6.45) is 6.34. The molecule has 1 fully saturated rings. The third-order valence-electron chi connectivity index (χ3n) is 2.27. The van der Waals surface area contributed by atoms with E-state index < -0.39 is 0 Å². The predicted octanol–water partition coefficient (Wildman–Crippen LogP) is 1.69. The molecule has 0 saturated carbocycles. The largest absolute Gasteiger partial charge is 0.336 e. The third-order valence-corrected chi connectivity index (χ3v) is 2.27. The zero-order valence-electron chi connectivity index (χ0n) is 7.56. The van der Waals surface area contributed by atoms with Gasteiger partial charge in [-0.25, -0.2) is 4.98 Å². The van der Waals surface area contributed by atoms with E-state index in [9.17, 15) is 0 Å². The molecular formula is C8H15Cl2N3. The van der Waals surface area contributed by atoms with Gasteiger partial charge in [-0.2, -0.15) is 0 Å². The Balaban J connectivity index is 0.000000720. The molecule has 1 aromatic heterocycles. The highest BCUT2D eigenvalue weighted by Crippen LogP contribution is 2.21. The highest BCUT2D eigenvalue weighted by Gasteiger charge is 2.17. The van der Waals surface area contributed by atoms with E-state index in [0.717, 1.165) is 6.54 Å². The summed E-state index contributed by atoms with van der Waals surface area (Å²) in [5, 5.41) is 3.44. The lowest BCUT2D eigenvalue weighted by Gasteiger charge is -2.09. The summed E-state index contributed by atoms with van der Waals surface area (Å²) in [6.45, 7) is 1.15. The first-order valence-electron chi connectivity index (χ1n) is 4.07. The standard InChI is InChI=1S/C8H13N3.2ClH/c1-11-6-9-5-8(11)7-3-2-4-10-7;;/h5-7,10H,2-4H2,1H3;2*1H/t7-;;/m0../s1. The van der Waals surface area contributed by atoms with Gasteiger partial charge in [0.25, 0.3) is 0 Å². The molecule has 0 spiro atoms. The van der Waals surface area contributed by atoms with Gasteiger partial charge in [-0.05, 0) is 19.4 Å². The van der Waals surface area contributed by atoms with Crippen molar-refractivity contribution in [1.82, 2.24) is 14.9 Å². The number of nitrogens with one attached hydrogen (secondary N) is 1. The van der Waals surface area contributed by atoms with E-state index in [4.69, 9.17) is 0 Å². The summed E-state index contributed by atoms with van der Waals surface area (Å²) in [5.41, 5.74) is 1.31. The first-order valence-corrected chi connectivity index (χ1v) is 4.07. The number of hydrogen-bond donors (Lipinski definition) is 1.